The molecule has 3 rings (SSSR count). The van der Waals surface area contributed by atoms with Gasteiger partial charge in [0.05, 0.1) is 22.8 Å². The van der Waals surface area contributed by atoms with Gasteiger partial charge in [-0.2, -0.15) is 0 Å². The van der Waals surface area contributed by atoms with E-state index in [0.717, 1.165) is 0 Å². The summed E-state index contributed by atoms with van der Waals surface area (Å²) in [7, 11) is -3.02. The Morgan fingerprint density at radius 1 is 1.31 bits per heavy atom. The number of nitrogens with one attached hydrogen (secondary N) is 1. The molecule has 7 nitrogen and oxygen atoms in total. The first-order chi connectivity index (χ1) is 12.4. The summed E-state index contributed by atoms with van der Waals surface area (Å²) in [6.07, 6.45) is 3.24. The first-order valence-corrected chi connectivity index (χ1v) is 10.1. The van der Waals surface area contributed by atoms with Crippen LogP contribution in [0.1, 0.15) is 23.7 Å². The molecule has 2 aromatic rings. The number of sulfone groups is 1. The molecular formula is C17H19FN4O3S. The Balaban J connectivity index is 1.73. The van der Waals surface area contributed by atoms with Crippen LogP contribution in [0.4, 0.5) is 16.0 Å². The van der Waals surface area contributed by atoms with Crippen LogP contribution in [0.2, 0.25) is 0 Å². The van der Waals surface area contributed by atoms with Crippen LogP contribution in [0.25, 0.3) is 0 Å². The maximum atomic E-state index is 13.6. The van der Waals surface area contributed by atoms with Crippen LogP contribution in [-0.4, -0.2) is 48.4 Å². The van der Waals surface area contributed by atoms with Gasteiger partial charge in [-0.3, -0.25) is 4.79 Å². The van der Waals surface area contributed by atoms with Gasteiger partial charge in [0, 0.05) is 25.0 Å². The number of halogens is 1. The molecule has 1 fully saturated rings. The monoisotopic (exact) mass is 378 g/mol. The molecule has 1 aliphatic rings. The summed E-state index contributed by atoms with van der Waals surface area (Å²) in [5.41, 5.74) is 0.264. The SMILES string of the molecule is CCN(c1ncc(C(=O)Nc2ccccc2F)cn1)C1CCS(=O)(=O)C1. The second-order valence-corrected chi connectivity index (χ2v) is 8.28. The number of hydrogen-bond acceptors (Lipinski definition) is 6. The minimum absolute atomic E-state index is 0.0768. The topological polar surface area (TPSA) is 92.3 Å². The number of amides is 1. The van der Waals surface area contributed by atoms with Crippen LogP contribution in [0, 0.1) is 5.82 Å². The Bertz CT molecular complexity index is 902. The summed E-state index contributed by atoms with van der Waals surface area (Å²) in [6, 6.07) is 5.70. The number of aromatic nitrogens is 2. The molecule has 0 aliphatic carbocycles. The van der Waals surface area contributed by atoms with Gasteiger partial charge in [-0.25, -0.2) is 22.8 Å². The van der Waals surface area contributed by atoms with E-state index in [0.29, 0.717) is 18.9 Å². The van der Waals surface area contributed by atoms with E-state index in [1.807, 2.05) is 11.8 Å². The predicted molar refractivity (Wildman–Crippen MR) is 96.5 cm³/mol. The van der Waals surface area contributed by atoms with Crippen LogP contribution >= 0.6 is 0 Å². The van der Waals surface area contributed by atoms with Gasteiger partial charge >= 0.3 is 0 Å². The van der Waals surface area contributed by atoms with E-state index >= 15 is 0 Å². The summed E-state index contributed by atoms with van der Waals surface area (Å²) in [5, 5.41) is 2.47. The van der Waals surface area contributed by atoms with E-state index in [1.165, 1.54) is 30.6 Å². The van der Waals surface area contributed by atoms with Crippen LogP contribution in [0.5, 0.6) is 0 Å². The molecule has 1 amide bonds. The minimum Gasteiger partial charge on any atom is -0.337 e. The second-order valence-electron chi connectivity index (χ2n) is 6.05. The van der Waals surface area contributed by atoms with Gasteiger partial charge in [0.15, 0.2) is 9.84 Å². The molecule has 1 unspecified atom stereocenters. The quantitative estimate of drug-likeness (QED) is 0.854. The molecule has 1 saturated heterocycles. The van der Waals surface area contributed by atoms with Crippen molar-refractivity contribution in [2.45, 2.75) is 19.4 Å². The van der Waals surface area contributed by atoms with Crippen molar-refractivity contribution in [3.05, 3.63) is 48.0 Å². The molecule has 0 saturated carbocycles. The molecule has 1 atom stereocenters. The average Bonchev–Trinajstić information content (AvgIpc) is 2.98. The third-order valence-corrected chi connectivity index (χ3v) is 6.02. The van der Waals surface area contributed by atoms with E-state index in [1.54, 1.807) is 6.07 Å². The summed E-state index contributed by atoms with van der Waals surface area (Å²) < 4.78 is 37.0. The highest BCUT2D eigenvalue weighted by atomic mass is 32.2. The Kier molecular flexibility index (Phi) is 5.17. The molecular weight excluding hydrogens is 359 g/mol. The Hall–Kier alpha value is -2.55. The van der Waals surface area contributed by atoms with Gasteiger partial charge in [0.1, 0.15) is 5.82 Å². The fourth-order valence-corrected chi connectivity index (χ4v) is 4.66. The lowest BCUT2D eigenvalue weighted by Gasteiger charge is -2.26. The number of rotatable bonds is 5. The van der Waals surface area contributed by atoms with Gasteiger partial charge in [-0.1, -0.05) is 12.1 Å². The number of carbonyl (C=O) groups excluding carboxylic acids is 1. The molecule has 0 spiro atoms. The first-order valence-electron chi connectivity index (χ1n) is 8.24. The maximum absolute atomic E-state index is 13.6. The summed E-state index contributed by atoms with van der Waals surface area (Å²) in [5.74, 6) is -0.431. The van der Waals surface area contributed by atoms with E-state index in [4.69, 9.17) is 0 Å². The molecule has 0 bridgehead atoms. The van der Waals surface area contributed by atoms with Crippen molar-refractivity contribution in [3.63, 3.8) is 0 Å². The highest BCUT2D eigenvalue weighted by Gasteiger charge is 2.32. The molecule has 1 aliphatic heterocycles. The highest BCUT2D eigenvalue weighted by molar-refractivity contribution is 7.91. The van der Waals surface area contributed by atoms with Gasteiger partial charge in [0.25, 0.3) is 5.91 Å². The molecule has 26 heavy (non-hydrogen) atoms. The summed E-state index contributed by atoms with van der Waals surface area (Å²) in [4.78, 5) is 22.4. The van der Waals surface area contributed by atoms with Crippen molar-refractivity contribution in [3.8, 4) is 0 Å². The average molecular weight is 378 g/mol. The van der Waals surface area contributed by atoms with E-state index in [-0.39, 0.29) is 28.8 Å². The molecule has 1 N–H and O–H groups in total. The fraction of sp³-hybridized carbons (Fsp3) is 0.353. The molecule has 9 heteroatoms. The van der Waals surface area contributed by atoms with Crippen LogP contribution < -0.4 is 10.2 Å². The minimum atomic E-state index is -3.02. The largest absolute Gasteiger partial charge is 0.337 e. The number of para-hydroxylation sites is 1. The number of nitrogens with zero attached hydrogens (tertiary/aromatic N) is 3. The number of anilines is 2. The smallest absolute Gasteiger partial charge is 0.258 e. The number of benzene rings is 1. The zero-order valence-electron chi connectivity index (χ0n) is 14.2. The number of hydrogen-bond donors (Lipinski definition) is 1. The molecule has 1 aromatic heterocycles. The number of carbonyl (C=O) groups is 1. The van der Waals surface area contributed by atoms with Crippen LogP contribution in [0.3, 0.4) is 0 Å². The third kappa shape index (κ3) is 3.98. The maximum Gasteiger partial charge on any atom is 0.258 e. The molecule has 2 heterocycles. The van der Waals surface area contributed by atoms with Gasteiger partial charge < -0.3 is 10.2 Å². The lowest BCUT2D eigenvalue weighted by Crippen LogP contribution is -2.37. The normalized spacial score (nSPS) is 18.5. The Labute approximate surface area is 151 Å². The van der Waals surface area contributed by atoms with Gasteiger partial charge in [0.2, 0.25) is 5.95 Å². The second kappa shape index (κ2) is 7.36. The Morgan fingerprint density at radius 3 is 2.58 bits per heavy atom. The van der Waals surface area contributed by atoms with Crippen LogP contribution in [0.15, 0.2) is 36.7 Å². The summed E-state index contributed by atoms with van der Waals surface area (Å²) in [6.45, 7) is 2.45. The van der Waals surface area contributed by atoms with Crippen molar-refractivity contribution in [1.82, 2.24) is 9.97 Å². The van der Waals surface area contributed by atoms with Gasteiger partial charge in [-0.05, 0) is 25.5 Å². The van der Waals surface area contributed by atoms with E-state index in [2.05, 4.69) is 15.3 Å². The first kappa shape index (κ1) is 18.2. The van der Waals surface area contributed by atoms with Crippen molar-refractivity contribution < 1.29 is 17.6 Å². The van der Waals surface area contributed by atoms with Crippen molar-refractivity contribution in [2.24, 2.45) is 0 Å². The lowest BCUT2D eigenvalue weighted by molar-refractivity contribution is 0.102. The van der Waals surface area contributed by atoms with Crippen LogP contribution in [-0.2, 0) is 9.84 Å². The molecule has 1 aromatic carbocycles. The van der Waals surface area contributed by atoms with E-state index < -0.39 is 21.6 Å². The van der Waals surface area contributed by atoms with Gasteiger partial charge in [-0.15, -0.1) is 0 Å². The molecule has 0 radical (unpaired) electrons. The Morgan fingerprint density at radius 2 is 2.00 bits per heavy atom. The van der Waals surface area contributed by atoms with E-state index in [9.17, 15) is 17.6 Å². The fourth-order valence-electron chi connectivity index (χ4n) is 2.93. The lowest BCUT2D eigenvalue weighted by atomic mass is 10.2. The van der Waals surface area contributed by atoms with Crippen molar-refractivity contribution >= 4 is 27.4 Å². The predicted octanol–water partition coefficient (Wildman–Crippen LogP) is 1.88. The third-order valence-electron chi connectivity index (χ3n) is 4.27. The van der Waals surface area contributed by atoms with Crippen molar-refractivity contribution in [2.75, 3.05) is 28.3 Å². The highest BCUT2D eigenvalue weighted by Crippen LogP contribution is 2.21. The van der Waals surface area contributed by atoms with Crippen molar-refractivity contribution in [1.29, 1.82) is 0 Å². The zero-order chi connectivity index (χ0) is 18.7. The molecule has 138 valence electrons. The summed E-state index contributed by atoms with van der Waals surface area (Å²) >= 11 is 0. The standard InChI is InChI=1S/C17H19FN4O3S/c1-2-22(13-7-8-26(24,25)11-13)17-19-9-12(10-20-17)16(23)21-15-6-4-3-5-14(15)18/h3-6,9-10,13H,2,7-8,11H2,1H3,(H,21,23). The zero-order valence-corrected chi connectivity index (χ0v) is 15.0.